The summed E-state index contributed by atoms with van der Waals surface area (Å²) in [6.07, 6.45) is 0. The molecule has 1 aromatic heterocycles. The normalized spacial score (nSPS) is 10.6. The highest BCUT2D eigenvalue weighted by Gasteiger charge is 2.27. The van der Waals surface area contributed by atoms with Crippen molar-refractivity contribution in [2.75, 3.05) is 0 Å². The van der Waals surface area contributed by atoms with E-state index in [1.165, 1.54) is 18.2 Å². The van der Waals surface area contributed by atoms with Gasteiger partial charge in [-0.15, -0.1) is 0 Å². The summed E-state index contributed by atoms with van der Waals surface area (Å²) in [5.41, 5.74) is -1.43. The first-order valence-corrected chi connectivity index (χ1v) is 5.72. The van der Waals surface area contributed by atoms with E-state index in [0.29, 0.717) is 0 Å². The second kappa shape index (κ2) is 5.08. The molecular weight excluding hydrogens is 330 g/mol. The lowest BCUT2D eigenvalue weighted by molar-refractivity contribution is 0.102. The number of carbonyl (C=O) groups is 1. The third-order valence-electron chi connectivity index (χ3n) is 2.34. The van der Waals surface area contributed by atoms with Crippen molar-refractivity contribution in [2.24, 2.45) is 0 Å². The maximum atomic E-state index is 13.4. The highest BCUT2D eigenvalue weighted by atomic mass is 79.9. The van der Waals surface area contributed by atoms with E-state index < -0.39 is 34.9 Å². The Morgan fingerprint density at radius 2 is 1.53 bits per heavy atom. The van der Waals surface area contributed by atoms with Gasteiger partial charge < -0.3 is 0 Å². The molecule has 0 bridgehead atoms. The summed E-state index contributed by atoms with van der Waals surface area (Å²) in [6, 6.07) is 5.74. The van der Waals surface area contributed by atoms with Gasteiger partial charge in [-0.2, -0.15) is 13.8 Å². The highest BCUT2D eigenvalue weighted by molar-refractivity contribution is 9.10. The van der Waals surface area contributed by atoms with Gasteiger partial charge in [0, 0.05) is 10.0 Å². The minimum Gasteiger partial charge on any atom is -0.288 e. The molecule has 0 radical (unpaired) electrons. The van der Waals surface area contributed by atoms with Crippen LogP contribution in [-0.2, 0) is 0 Å². The molecule has 1 aromatic carbocycles. The van der Waals surface area contributed by atoms with Crippen LogP contribution in [0.25, 0.3) is 0 Å². The maximum absolute atomic E-state index is 13.4. The van der Waals surface area contributed by atoms with Gasteiger partial charge in [-0.25, -0.2) is 8.78 Å². The van der Waals surface area contributed by atoms with Crippen LogP contribution in [0.15, 0.2) is 28.7 Å². The molecule has 2 rings (SSSR count). The number of ketones is 1. The number of carbonyl (C=O) groups excluding carboxylic acids is 1. The zero-order chi connectivity index (χ0) is 14.2. The van der Waals surface area contributed by atoms with E-state index in [1.54, 1.807) is 6.07 Å². The molecule has 2 aromatic rings. The first-order chi connectivity index (χ1) is 8.93. The van der Waals surface area contributed by atoms with Crippen LogP contribution in [0.5, 0.6) is 0 Å². The molecule has 0 atom stereocenters. The number of benzene rings is 1. The smallest absolute Gasteiger partial charge is 0.252 e. The Bertz CT molecular complexity index is 649. The number of hydrogen-bond acceptors (Lipinski definition) is 2. The quantitative estimate of drug-likeness (QED) is 0.477. The van der Waals surface area contributed by atoms with Crippen LogP contribution in [0, 0.1) is 23.5 Å². The number of halogens is 5. The Hall–Kier alpha value is -1.76. The molecule has 0 unspecified atom stereocenters. The monoisotopic (exact) mass is 333 g/mol. The highest BCUT2D eigenvalue weighted by Crippen LogP contribution is 2.24. The van der Waals surface area contributed by atoms with Crippen molar-refractivity contribution in [3.05, 3.63) is 63.4 Å². The van der Waals surface area contributed by atoms with Crippen molar-refractivity contribution >= 4 is 21.7 Å². The average Bonchev–Trinajstić information content (AvgIpc) is 2.37. The molecule has 0 spiro atoms. The summed E-state index contributed by atoms with van der Waals surface area (Å²) in [6.45, 7) is 0. The minimum absolute atomic E-state index is 0.120. The molecule has 7 heteroatoms. The fourth-order valence-electron chi connectivity index (χ4n) is 1.47. The van der Waals surface area contributed by atoms with Crippen molar-refractivity contribution in [3.63, 3.8) is 0 Å². The van der Waals surface area contributed by atoms with E-state index >= 15 is 0 Å². The Morgan fingerprint density at radius 3 is 2.05 bits per heavy atom. The molecule has 98 valence electrons. The topological polar surface area (TPSA) is 30.0 Å². The molecule has 0 N–H and O–H groups in total. The predicted molar refractivity (Wildman–Crippen MR) is 61.6 cm³/mol. The summed E-state index contributed by atoms with van der Waals surface area (Å²) in [4.78, 5) is 14.3. The van der Waals surface area contributed by atoms with Gasteiger partial charge >= 0.3 is 0 Å². The van der Waals surface area contributed by atoms with Gasteiger partial charge in [0.25, 0.3) is 11.9 Å². The van der Waals surface area contributed by atoms with E-state index in [-0.39, 0.29) is 10.0 Å². The lowest BCUT2D eigenvalue weighted by Crippen LogP contribution is -2.13. The number of hydrogen-bond donors (Lipinski definition) is 0. The average molecular weight is 334 g/mol. The molecule has 0 saturated carbocycles. The molecule has 1 heterocycles. The molecule has 0 saturated heterocycles. The Balaban J connectivity index is 2.67. The van der Waals surface area contributed by atoms with Gasteiger partial charge in [-0.05, 0) is 12.1 Å². The zero-order valence-corrected chi connectivity index (χ0v) is 10.6. The van der Waals surface area contributed by atoms with E-state index in [1.807, 2.05) is 0 Å². The number of rotatable bonds is 2. The minimum atomic E-state index is -1.87. The first kappa shape index (κ1) is 13.7. The van der Waals surface area contributed by atoms with E-state index in [9.17, 15) is 22.4 Å². The first-order valence-electron chi connectivity index (χ1n) is 4.92. The number of pyridine rings is 1. The molecule has 2 nitrogen and oxygen atoms in total. The summed E-state index contributed by atoms with van der Waals surface area (Å²) in [7, 11) is 0. The summed E-state index contributed by atoms with van der Waals surface area (Å²) in [5.74, 6) is -8.55. The third-order valence-corrected chi connectivity index (χ3v) is 3.03. The van der Waals surface area contributed by atoms with Gasteiger partial charge in [0.1, 0.15) is 5.56 Å². The summed E-state index contributed by atoms with van der Waals surface area (Å²) in [5, 5.41) is 0. The molecular formula is C12H4BrF4NO. The van der Waals surface area contributed by atoms with Crippen LogP contribution >= 0.6 is 15.9 Å². The van der Waals surface area contributed by atoms with Gasteiger partial charge in [-0.1, -0.05) is 28.1 Å². The Kier molecular flexibility index (Phi) is 3.66. The third kappa shape index (κ3) is 2.37. The van der Waals surface area contributed by atoms with Crippen LogP contribution in [0.4, 0.5) is 17.6 Å². The Morgan fingerprint density at radius 1 is 1.00 bits per heavy atom. The van der Waals surface area contributed by atoms with E-state index in [2.05, 4.69) is 20.9 Å². The standard InChI is InChI=1S/C12H4BrF4NO/c13-6-4-2-1-3-5(6)10(19)7-8(14)11(16)18-12(17)9(7)15/h1-4H. The van der Waals surface area contributed by atoms with Crippen molar-refractivity contribution in [1.82, 2.24) is 4.98 Å². The zero-order valence-electron chi connectivity index (χ0n) is 9.05. The molecule has 0 aliphatic rings. The van der Waals surface area contributed by atoms with Gasteiger partial charge in [0.15, 0.2) is 17.4 Å². The predicted octanol–water partition coefficient (Wildman–Crippen LogP) is 3.63. The fraction of sp³-hybridized carbons (Fsp3) is 0. The SMILES string of the molecule is O=C(c1ccccc1Br)c1c(F)c(F)nc(F)c1F. The van der Waals surface area contributed by atoms with Crippen LogP contribution < -0.4 is 0 Å². The van der Waals surface area contributed by atoms with Crippen molar-refractivity contribution < 1.29 is 22.4 Å². The van der Waals surface area contributed by atoms with E-state index in [0.717, 1.165) is 0 Å². The molecule has 0 aliphatic heterocycles. The van der Waals surface area contributed by atoms with Gasteiger partial charge in [0.05, 0.1) is 0 Å². The maximum Gasteiger partial charge on any atom is 0.252 e. The number of nitrogens with zero attached hydrogens (tertiary/aromatic N) is 1. The Labute approximate surface area is 113 Å². The molecule has 19 heavy (non-hydrogen) atoms. The van der Waals surface area contributed by atoms with Crippen molar-refractivity contribution in [2.45, 2.75) is 0 Å². The van der Waals surface area contributed by atoms with Gasteiger partial charge in [-0.3, -0.25) is 4.79 Å². The molecule has 0 amide bonds. The van der Waals surface area contributed by atoms with Crippen molar-refractivity contribution in [3.8, 4) is 0 Å². The lowest BCUT2D eigenvalue weighted by atomic mass is 10.0. The van der Waals surface area contributed by atoms with E-state index in [4.69, 9.17) is 0 Å². The second-order valence-electron chi connectivity index (χ2n) is 3.51. The molecule has 0 aliphatic carbocycles. The van der Waals surface area contributed by atoms with Gasteiger partial charge in [0.2, 0.25) is 0 Å². The van der Waals surface area contributed by atoms with Crippen LogP contribution in [-0.4, -0.2) is 10.8 Å². The fourth-order valence-corrected chi connectivity index (χ4v) is 1.93. The number of aromatic nitrogens is 1. The molecule has 0 fully saturated rings. The summed E-state index contributed by atoms with van der Waals surface area (Å²) < 4.78 is 53.0. The summed E-state index contributed by atoms with van der Waals surface area (Å²) >= 11 is 3.01. The lowest BCUT2D eigenvalue weighted by Gasteiger charge is -2.06. The van der Waals surface area contributed by atoms with Crippen LogP contribution in [0.2, 0.25) is 0 Å². The van der Waals surface area contributed by atoms with Crippen LogP contribution in [0.1, 0.15) is 15.9 Å². The second-order valence-corrected chi connectivity index (χ2v) is 4.36. The van der Waals surface area contributed by atoms with Crippen molar-refractivity contribution in [1.29, 1.82) is 0 Å². The van der Waals surface area contributed by atoms with Crippen LogP contribution in [0.3, 0.4) is 0 Å². The largest absolute Gasteiger partial charge is 0.288 e.